The Balaban J connectivity index is 1.90. The lowest BCUT2D eigenvalue weighted by atomic mass is 9.51. The second-order valence-electron chi connectivity index (χ2n) is 11.0. The van der Waals surface area contributed by atoms with Gasteiger partial charge in [0.1, 0.15) is 11.5 Å². The Hall–Kier alpha value is -2.66. The van der Waals surface area contributed by atoms with Crippen molar-refractivity contribution in [2.75, 3.05) is 0 Å². The van der Waals surface area contributed by atoms with E-state index in [1.165, 1.54) is 6.92 Å². The molecule has 1 aromatic carbocycles. The zero-order valence-electron chi connectivity index (χ0n) is 21.3. The second-order valence-corrected chi connectivity index (χ2v) is 11.0. The standard InChI is InChI=1S/C30H39NO4/c1-18-10-9-13-24-28(33)21(4)20(3)27-25(17-23-11-7-6-8-12-23)31-29(34)30(24,27)26(35-22(5)32)15-14-19(2)16-18/h6-9,11-15,18-20,24-28,33H,4,10,16-17H2,1-3,5H3,(H,31,34)/b13-9-,15-14-/t18-,19+,20+,24-,25-,26+,27-,28+,30+/m0/s1. The first kappa shape index (κ1) is 25.4. The van der Waals surface area contributed by atoms with Crippen molar-refractivity contribution in [1.29, 1.82) is 0 Å². The molecule has 0 unspecified atom stereocenters. The molecule has 35 heavy (non-hydrogen) atoms. The van der Waals surface area contributed by atoms with E-state index in [2.05, 4.69) is 50.0 Å². The van der Waals surface area contributed by atoms with E-state index in [9.17, 15) is 14.7 Å². The van der Waals surface area contributed by atoms with Gasteiger partial charge in [-0.1, -0.05) is 75.9 Å². The van der Waals surface area contributed by atoms with E-state index >= 15 is 0 Å². The van der Waals surface area contributed by atoms with Gasteiger partial charge in [0.2, 0.25) is 5.91 Å². The lowest BCUT2D eigenvalue weighted by molar-refractivity contribution is -0.166. The van der Waals surface area contributed by atoms with Gasteiger partial charge in [0.05, 0.1) is 6.10 Å². The summed E-state index contributed by atoms with van der Waals surface area (Å²) >= 11 is 0. The number of nitrogens with one attached hydrogen (secondary N) is 1. The minimum Gasteiger partial charge on any atom is -0.457 e. The van der Waals surface area contributed by atoms with Gasteiger partial charge in [0, 0.05) is 24.8 Å². The van der Waals surface area contributed by atoms with Crippen molar-refractivity contribution >= 4 is 11.9 Å². The van der Waals surface area contributed by atoms with Crippen molar-refractivity contribution in [3.8, 4) is 0 Å². The molecule has 2 fully saturated rings. The predicted octanol–water partition coefficient (Wildman–Crippen LogP) is 4.62. The lowest BCUT2D eigenvalue weighted by Gasteiger charge is -2.52. The van der Waals surface area contributed by atoms with Crippen molar-refractivity contribution in [2.45, 2.75) is 65.2 Å². The minimum atomic E-state index is -1.13. The van der Waals surface area contributed by atoms with Gasteiger partial charge in [-0.25, -0.2) is 0 Å². The summed E-state index contributed by atoms with van der Waals surface area (Å²) in [5.41, 5.74) is 0.729. The van der Waals surface area contributed by atoms with Gasteiger partial charge in [-0.15, -0.1) is 0 Å². The summed E-state index contributed by atoms with van der Waals surface area (Å²) < 4.78 is 5.95. The molecule has 5 heteroatoms. The highest BCUT2D eigenvalue weighted by atomic mass is 16.5. The van der Waals surface area contributed by atoms with Crippen molar-refractivity contribution < 1.29 is 19.4 Å². The summed E-state index contributed by atoms with van der Waals surface area (Å²) in [5, 5.41) is 14.8. The first-order chi connectivity index (χ1) is 16.7. The fourth-order valence-corrected chi connectivity index (χ4v) is 6.85. The van der Waals surface area contributed by atoms with Crippen LogP contribution in [-0.4, -0.2) is 35.2 Å². The van der Waals surface area contributed by atoms with Crippen molar-refractivity contribution in [3.63, 3.8) is 0 Å². The number of aliphatic hydroxyl groups is 1. The molecule has 188 valence electrons. The van der Waals surface area contributed by atoms with E-state index < -0.39 is 29.5 Å². The van der Waals surface area contributed by atoms with Gasteiger partial charge < -0.3 is 15.2 Å². The molecule has 4 rings (SSSR count). The van der Waals surface area contributed by atoms with Crippen LogP contribution in [0.25, 0.3) is 0 Å². The Morgan fingerprint density at radius 2 is 1.89 bits per heavy atom. The number of aliphatic hydroxyl groups excluding tert-OH is 1. The Morgan fingerprint density at radius 1 is 1.17 bits per heavy atom. The van der Waals surface area contributed by atoms with Crippen LogP contribution in [0.15, 0.2) is 66.8 Å². The molecule has 2 aliphatic carbocycles. The number of allylic oxidation sites excluding steroid dienone is 2. The molecule has 0 bridgehead atoms. The fraction of sp³-hybridized carbons (Fsp3) is 0.533. The van der Waals surface area contributed by atoms with E-state index in [4.69, 9.17) is 4.74 Å². The number of benzene rings is 1. The summed E-state index contributed by atoms with van der Waals surface area (Å²) in [7, 11) is 0. The number of hydrogen-bond acceptors (Lipinski definition) is 4. The minimum absolute atomic E-state index is 0.143. The maximum absolute atomic E-state index is 14.1. The Bertz CT molecular complexity index is 1010. The smallest absolute Gasteiger partial charge is 0.303 e. The van der Waals surface area contributed by atoms with Crippen LogP contribution >= 0.6 is 0 Å². The molecule has 1 saturated carbocycles. The summed E-state index contributed by atoms with van der Waals surface area (Å²) in [4.78, 5) is 26.5. The van der Waals surface area contributed by atoms with Gasteiger partial charge in [-0.3, -0.25) is 9.59 Å². The predicted molar refractivity (Wildman–Crippen MR) is 137 cm³/mol. The Labute approximate surface area is 209 Å². The summed E-state index contributed by atoms with van der Waals surface area (Å²) in [6, 6.07) is 9.94. The molecule has 0 aromatic heterocycles. The maximum atomic E-state index is 14.1. The van der Waals surface area contributed by atoms with Crippen LogP contribution in [0.5, 0.6) is 0 Å². The molecule has 1 spiro atoms. The molecule has 1 heterocycles. The Morgan fingerprint density at radius 3 is 2.57 bits per heavy atom. The second kappa shape index (κ2) is 10.1. The van der Waals surface area contributed by atoms with E-state index in [0.717, 1.165) is 24.0 Å². The summed E-state index contributed by atoms with van der Waals surface area (Å²) in [6.45, 7) is 12.1. The third-order valence-electron chi connectivity index (χ3n) is 8.42. The van der Waals surface area contributed by atoms with E-state index in [1.54, 1.807) is 0 Å². The first-order valence-electron chi connectivity index (χ1n) is 12.9. The van der Waals surface area contributed by atoms with E-state index in [1.807, 2.05) is 37.3 Å². The number of carbonyl (C=O) groups is 2. The monoisotopic (exact) mass is 477 g/mol. The van der Waals surface area contributed by atoms with Crippen LogP contribution in [0.2, 0.25) is 0 Å². The number of hydrogen-bond donors (Lipinski definition) is 2. The molecule has 1 saturated heterocycles. The zero-order chi connectivity index (χ0) is 25.3. The average molecular weight is 478 g/mol. The van der Waals surface area contributed by atoms with Crippen LogP contribution in [0.4, 0.5) is 0 Å². The first-order valence-corrected chi connectivity index (χ1v) is 12.9. The molecule has 2 N–H and O–H groups in total. The van der Waals surface area contributed by atoms with E-state index in [0.29, 0.717) is 12.3 Å². The van der Waals surface area contributed by atoms with Gasteiger partial charge >= 0.3 is 5.97 Å². The summed E-state index contributed by atoms with van der Waals surface area (Å²) in [6.07, 6.45) is 8.90. The van der Waals surface area contributed by atoms with Gasteiger partial charge in [0.15, 0.2) is 0 Å². The fourth-order valence-electron chi connectivity index (χ4n) is 6.85. The third kappa shape index (κ3) is 4.63. The van der Waals surface area contributed by atoms with E-state index in [-0.39, 0.29) is 29.7 Å². The van der Waals surface area contributed by atoms with Crippen molar-refractivity contribution in [2.24, 2.45) is 35.0 Å². The topological polar surface area (TPSA) is 75.6 Å². The molecular weight excluding hydrogens is 438 g/mol. The molecule has 0 radical (unpaired) electrons. The highest BCUT2D eigenvalue weighted by Gasteiger charge is 2.68. The molecule has 3 aliphatic rings. The highest BCUT2D eigenvalue weighted by molar-refractivity contribution is 5.89. The highest BCUT2D eigenvalue weighted by Crippen LogP contribution is 2.58. The third-order valence-corrected chi connectivity index (χ3v) is 8.42. The lowest BCUT2D eigenvalue weighted by Crippen LogP contribution is -2.60. The quantitative estimate of drug-likeness (QED) is 0.492. The van der Waals surface area contributed by atoms with Gasteiger partial charge in [-0.05, 0) is 54.2 Å². The molecule has 9 atom stereocenters. The maximum Gasteiger partial charge on any atom is 0.303 e. The number of ether oxygens (including phenoxy) is 1. The van der Waals surface area contributed by atoms with Crippen LogP contribution < -0.4 is 5.32 Å². The largest absolute Gasteiger partial charge is 0.457 e. The zero-order valence-corrected chi connectivity index (χ0v) is 21.3. The molecule has 1 amide bonds. The molecule has 1 aromatic rings. The average Bonchev–Trinajstić information content (AvgIpc) is 3.08. The molecule has 5 nitrogen and oxygen atoms in total. The SMILES string of the molecule is C=C1[C@@H](C)[C@H]2[C@H](Cc3ccccc3)NC(=O)[C@]23[C@H](OC(C)=O)/C=C\[C@@H](C)C[C@@H](C)C/C=C\[C@H]3[C@@H]1O. The number of carbonyl (C=O) groups excluding carboxylic acids is 2. The van der Waals surface area contributed by atoms with Gasteiger partial charge in [-0.2, -0.15) is 0 Å². The molecule has 1 aliphatic heterocycles. The van der Waals surface area contributed by atoms with Crippen LogP contribution in [0, 0.1) is 35.0 Å². The van der Waals surface area contributed by atoms with Crippen molar-refractivity contribution in [3.05, 3.63) is 72.4 Å². The molecular formula is C30H39NO4. The number of amides is 1. The van der Waals surface area contributed by atoms with Crippen LogP contribution in [0.1, 0.15) is 46.1 Å². The Kier molecular flexibility index (Phi) is 7.37. The van der Waals surface area contributed by atoms with Gasteiger partial charge in [0.25, 0.3) is 0 Å². The number of rotatable bonds is 3. The van der Waals surface area contributed by atoms with Crippen LogP contribution in [0.3, 0.4) is 0 Å². The van der Waals surface area contributed by atoms with Crippen LogP contribution in [-0.2, 0) is 20.7 Å². The summed E-state index contributed by atoms with van der Waals surface area (Å²) in [5.74, 6) is -0.767. The van der Waals surface area contributed by atoms with Crippen molar-refractivity contribution in [1.82, 2.24) is 5.32 Å². The normalized spacial score (nSPS) is 41.1. The number of esters is 1.